The van der Waals surface area contributed by atoms with Gasteiger partial charge in [-0.05, 0) is 43.0 Å². The van der Waals surface area contributed by atoms with Crippen molar-refractivity contribution in [1.82, 2.24) is 28.9 Å². The van der Waals surface area contributed by atoms with Crippen LogP contribution in [0.15, 0.2) is 40.2 Å². The second-order valence-corrected chi connectivity index (χ2v) is 8.42. The van der Waals surface area contributed by atoms with Crippen molar-refractivity contribution >= 4 is 28.8 Å². The standard InChI is InChI=1S/C22H26FN7O4/c1-27-19-18(20(32)28(2)22(27)34)30(13-25-19)12-17(31)24-11-14-7-9-29(10-8-14)21(33)26-16-5-3-15(23)4-6-16/h3-6,13-14H,7-12H2,1-2H3,(H,24,31)(H,26,33). The fourth-order valence-corrected chi connectivity index (χ4v) is 4.06. The Kier molecular flexibility index (Phi) is 6.48. The van der Waals surface area contributed by atoms with Gasteiger partial charge >= 0.3 is 11.7 Å². The van der Waals surface area contributed by atoms with E-state index in [1.165, 1.54) is 53.8 Å². The van der Waals surface area contributed by atoms with Crippen molar-refractivity contribution in [2.75, 3.05) is 25.0 Å². The highest BCUT2D eigenvalue weighted by molar-refractivity contribution is 5.89. The summed E-state index contributed by atoms with van der Waals surface area (Å²) in [4.78, 5) is 55.2. The Morgan fingerprint density at radius 1 is 1.09 bits per heavy atom. The number of hydrogen-bond acceptors (Lipinski definition) is 5. The van der Waals surface area contributed by atoms with E-state index in [2.05, 4.69) is 15.6 Å². The number of aromatic nitrogens is 4. The Morgan fingerprint density at radius 3 is 2.44 bits per heavy atom. The molecule has 0 unspecified atom stereocenters. The molecule has 0 radical (unpaired) electrons. The average Bonchev–Trinajstić information content (AvgIpc) is 3.25. The van der Waals surface area contributed by atoms with Crippen LogP contribution in [0.1, 0.15) is 12.8 Å². The number of carbonyl (C=O) groups is 2. The summed E-state index contributed by atoms with van der Waals surface area (Å²) in [7, 11) is 2.90. The lowest BCUT2D eigenvalue weighted by molar-refractivity contribution is -0.121. The molecule has 1 fully saturated rings. The molecule has 2 N–H and O–H groups in total. The Morgan fingerprint density at radius 2 is 1.76 bits per heavy atom. The monoisotopic (exact) mass is 471 g/mol. The van der Waals surface area contributed by atoms with E-state index >= 15 is 0 Å². The minimum absolute atomic E-state index is 0.0944. The molecular weight excluding hydrogens is 445 g/mol. The van der Waals surface area contributed by atoms with Gasteiger partial charge in [0, 0.05) is 39.4 Å². The van der Waals surface area contributed by atoms with Crippen LogP contribution in [0.3, 0.4) is 0 Å². The number of amides is 3. The minimum Gasteiger partial charge on any atom is -0.354 e. The Labute approximate surface area is 193 Å². The number of aryl methyl sites for hydroxylation is 1. The maximum Gasteiger partial charge on any atom is 0.332 e. The van der Waals surface area contributed by atoms with Crippen LogP contribution in [-0.2, 0) is 25.4 Å². The minimum atomic E-state index is -0.505. The van der Waals surface area contributed by atoms with E-state index in [0.29, 0.717) is 25.3 Å². The molecule has 1 aromatic carbocycles. The number of nitrogens with zero attached hydrogens (tertiary/aromatic N) is 5. The zero-order valence-corrected chi connectivity index (χ0v) is 19.0. The van der Waals surface area contributed by atoms with Crippen LogP contribution in [0, 0.1) is 11.7 Å². The van der Waals surface area contributed by atoms with Crippen molar-refractivity contribution in [3.8, 4) is 0 Å². The maximum atomic E-state index is 13.0. The van der Waals surface area contributed by atoms with Crippen molar-refractivity contribution in [3.63, 3.8) is 0 Å². The van der Waals surface area contributed by atoms with E-state index in [0.717, 1.165) is 17.4 Å². The van der Waals surface area contributed by atoms with E-state index in [9.17, 15) is 23.6 Å². The number of piperidine rings is 1. The van der Waals surface area contributed by atoms with Crippen LogP contribution < -0.4 is 21.9 Å². The predicted octanol–water partition coefficient (Wildman–Crippen LogP) is 0.633. The van der Waals surface area contributed by atoms with Gasteiger partial charge in [0.25, 0.3) is 5.56 Å². The van der Waals surface area contributed by atoms with Gasteiger partial charge in [-0.25, -0.2) is 19.0 Å². The van der Waals surface area contributed by atoms with Gasteiger partial charge in [-0.15, -0.1) is 0 Å². The Bertz CT molecular complexity index is 1330. The van der Waals surface area contributed by atoms with Gasteiger partial charge in [0.1, 0.15) is 12.4 Å². The van der Waals surface area contributed by atoms with Gasteiger partial charge in [0.2, 0.25) is 5.91 Å². The SMILES string of the molecule is Cn1c(=O)c2c(ncn2CC(=O)NCC2CCN(C(=O)Nc3ccc(F)cc3)CC2)n(C)c1=O. The molecule has 1 saturated heterocycles. The van der Waals surface area contributed by atoms with E-state index < -0.39 is 11.2 Å². The van der Waals surface area contributed by atoms with Gasteiger partial charge in [0.05, 0.1) is 6.33 Å². The molecule has 180 valence electrons. The fraction of sp³-hybridized carbons (Fsp3) is 0.409. The summed E-state index contributed by atoms with van der Waals surface area (Å²) < 4.78 is 16.7. The number of carbonyl (C=O) groups excluding carboxylic acids is 2. The second-order valence-electron chi connectivity index (χ2n) is 8.42. The number of fused-ring (bicyclic) bond motifs is 1. The molecule has 2 aromatic heterocycles. The molecule has 1 aliphatic rings. The van der Waals surface area contributed by atoms with Crippen LogP contribution in [0.5, 0.6) is 0 Å². The van der Waals surface area contributed by atoms with Gasteiger partial charge in [-0.2, -0.15) is 0 Å². The van der Waals surface area contributed by atoms with E-state index in [-0.39, 0.29) is 41.4 Å². The summed E-state index contributed by atoms with van der Waals surface area (Å²) in [5, 5.41) is 5.64. The smallest absolute Gasteiger partial charge is 0.332 e. The Balaban J connectivity index is 1.28. The van der Waals surface area contributed by atoms with Gasteiger partial charge < -0.3 is 20.1 Å². The van der Waals surface area contributed by atoms with Crippen LogP contribution in [0.2, 0.25) is 0 Å². The van der Waals surface area contributed by atoms with Gasteiger partial charge in [-0.3, -0.25) is 18.7 Å². The number of nitrogens with one attached hydrogen (secondary N) is 2. The average molecular weight is 471 g/mol. The zero-order valence-electron chi connectivity index (χ0n) is 19.0. The highest BCUT2D eigenvalue weighted by Gasteiger charge is 2.23. The van der Waals surface area contributed by atoms with E-state index in [1.54, 1.807) is 4.90 Å². The summed E-state index contributed by atoms with van der Waals surface area (Å²) >= 11 is 0. The first-order chi connectivity index (χ1) is 16.2. The van der Waals surface area contributed by atoms with Crippen molar-refractivity contribution in [1.29, 1.82) is 0 Å². The first-order valence-corrected chi connectivity index (χ1v) is 10.9. The quantitative estimate of drug-likeness (QED) is 0.565. The van der Waals surface area contributed by atoms with Crippen molar-refractivity contribution in [2.45, 2.75) is 19.4 Å². The lowest BCUT2D eigenvalue weighted by Gasteiger charge is -2.32. The molecule has 0 saturated carbocycles. The molecule has 3 amide bonds. The summed E-state index contributed by atoms with van der Waals surface area (Å²) in [5.74, 6) is -0.422. The normalized spacial score (nSPS) is 14.4. The van der Waals surface area contributed by atoms with E-state index in [4.69, 9.17) is 0 Å². The first-order valence-electron chi connectivity index (χ1n) is 10.9. The van der Waals surface area contributed by atoms with Crippen molar-refractivity contribution in [2.24, 2.45) is 20.0 Å². The molecule has 0 aliphatic carbocycles. The van der Waals surface area contributed by atoms with Crippen molar-refractivity contribution in [3.05, 3.63) is 57.2 Å². The maximum absolute atomic E-state index is 13.0. The number of halogens is 1. The van der Waals surface area contributed by atoms with Crippen LogP contribution in [0.4, 0.5) is 14.9 Å². The van der Waals surface area contributed by atoms with Gasteiger partial charge in [-0.1, -0.05) is 0 Å². The summed E-state index contributed by atoms with van der Waals surface area (Å²) in [6.07, 6.45) is 2.84. The van der Waals surface area contributed by atoms with Gasteiger partial charge in [0.15, 0.2) is 11.2 Å². The highest BCUT2D eigenvalue weighted by Crippen LogP contribution is 2.18. The first kappa shape index (κ1) is 23.2. The number of anilines is 1. The topological polar surface area (TPSA) is 123 Å². The molecule has 3 aromatic rings. The summed E-state index contributed by atoms with van der Waals surface area (Å²) in [5.41, 5.74) is -0.0327. The molecule has 0 spiro atoms. The largest absolute Gasteiger partial charge is 0.354 e. The van der Waals surface area contributed by atoms with Crippen LogP contribution in [-0.4, -0.2) is 55.2 Å². The fourth-order valence-electron chi connectivity index (χ4n) is 4.06. The number of benzene rings is 1. The van der Waals surface area contributed by atoms with Crippen molar-refractivity contribution < 1.29 is 14.0 Å². The third kappa shape index (κ3) is 4.70. The Hall–Kier alpha value is -3.96. The molecular formula is C22H26FN7O4. The predicted molar refractivity (Wildman–Crippen MR) is 123 cm³/mol. The lowest BCUT2D eigenvalue weighted by Crippen LogP contribution is -2.43. The molecule has 3 heterocycles. The highest BCUT2D eigenvalue weighted by atomic mass is 19.1. The molecule has 12 heteroatoms. The number of urea groups is 1. The van der Waals surface area contributed by atoms with Crippen LogP contribution >= 0.6 is 0 Å². The summed E-state index contributed by atoms with van der Waals surface area (Å²) in [6, 6.07) is 5.35. The third-order valence-electron chi connectivity index (χ3n) is 6.12. The number of rotatable bonds is 5. The number of hydrogen-bond donors (Lipinski definition) is 2. The number of imidazole rings is 1. The molecule has 0 bridgehead atoms. The molecule has 34 heavy (non-hydrogen) atoms. The van der Waals surface area contributed by atoms with E-state index in [1.807, 2.05) is 0 Å². The second kappa shape index (κ2) is 9.49. The summed E-state index contributed by atoms with van der Waals surface area (Å²) in [6.45, 7) is 1.45. The lowest BCUT2D eigenvalue weighted by atomic mass is 9.97. The molecule has 0 atom stereocenters. The molecule has 1 aliphatic heterocycles. The molecule has 4 rings (SSSR count). The zero-order chi connectivity index (χ0) is 24.4. The molecule has 11 nitrogen and oxygen atoms in total. The number of likely N-dealkylation sites (tertiary alicyclic amines) is 1. The van der Waals surface area contributed by atoms with Crippen LogP contribution in [0.25, 0.3) is 11.2 Å². The third-order valence-corrected chi connectivity index (χ3v) is 6.12.